The van der Waals surface area contributed by atoms with Gasteiger partial charge >= 0.3 is 44.5 Å². The molecule has 1 atom stereocenters. The third kappa shape index (κ3) is 88.5. The second-order valence-electron chi connectivity index (χ2n) is 22.0. The molecule has 1 aliphatic heterocycles. The van der Waals surface area contributed by atoms with Gasteiger partial charge in [0.2, 0.25) is 0 Å². The van der Waals surface area contributed by atoms with Crippen LogP contribution < -0.4 is 0 Å². The van der Waals surface area contributed by atoms with Crippen molar-refractivity contribution in [3.63, 3.8) is 0 Å². The van der Waals surface area contributed by atoms with Crippen LogP contribution >= 0.6 is 0 Å². The molecule has 1 unspecified atom stereocenters. The monoisotopic (exact) mass is 1180 g/mol. The molecule has 1 rings (SSSR count). The first-order chi connectivity index (χ1) is 38.6. The first-order valence-electron chi connectivity index (χ1n) is 33.2. The van der Waals surface area contributed by atoms with Gasteiger partial charge in [-0.2, -0.15) is 20.3 Å². The predicted molar refractivity (Wildman–Crippen MR) is 333 cm³/mol. The molecular formula is C66H134O11SiTi. The van der Waals surface area contributed by atoms with Crippen molar-refractivity contribution in [1.29, 1.82) is 0 Å². The summed E-state index contributed by atoms with van der Waals surface area (Å²) in [5, 5.41) is 17.0. The number of rotatable bonds is 57. The van der Waals surface area contributed by atoms with Gasteiger partial charge in [0.05, 0.1) is 13.2 Å². The van der Waals surface area contributed by atoms with Crippen LogP contribution in [0.2, 0.25) is 6.04 Å². The minimum absolute atomic E-state index is 0.333. The number of carboxylic acid groups (broad SMARTS) is 2. The molecule has 13 heteroatoms. The van der Waals surface area contributed by atoms with Crippen LogP contribution in [0.5, 0.6) is 0 Å². The molecule has 0 aliphatic carbocycles. The Balaban J connectivity index is -0.000000300. The zero-order chi connectivity index (χ0) is 59.7. The van der Waals surface area contributed by atoms with E-state index in [1.54, 1.807) is 21.3 Å². The Labute approximate surface area is 504 Å². The third-order valence-electron chi connectivity index (χ3n) is 14.3. The summed E-state index contributed by atoms with van der Waals surface area (Å²) in [6.45, 7) is 13.1. The van der Waals surface area contributed by atoms with Crippen LogP contribution in [0.15, 0.2) is 0 Å². The fourth-order valence-electron chi connectivity index (χ4n) is 9.19. The van der Waals surface area contributed by atoms with Gasteiger partial charge < -0.3 is 44.2 Å². The van der Waals surface area contributed by atoms with E-state index in [4.69, 9.17) is 36.3 Å². The van der Waals surface area contributed by atoms with Gasteiger partial charge in [-0.05, 0) is 19.3 Å². The van der Waals surface area contributed by atoms with E-state index in [9.17, 15) is 14.4 Å². The van der Waals surface area contributed by atoms with Gasteiger partial charge in [-0.15, -0.1) is 0 Å². The molecule has 1 heterocycles. The molecule has 0 bridgehead atoms. The van der Waals surface area contributed by atoms with Gasteiger partial charge in [0.15, 0.2) is 0 Å². The van der Waals surface area contributed by atoms with Gasteiger partial charge in [0, 0.05) is 46.8 Å². The van der Waals surface area contributed by atoms with E-state index in [-0.39, 0.29) is 0 Å². The van der Waals surface area contributed by atoms with Crippen LogP contribution in [0, 0.1) is 6.42 Å². The molecule has 11 nitrogen and oxygen atoms in total. The van der Waals surface area contributed by atoms with Crippen LogP contribution in [0.4, 0.5) is 0 Å². The summed E-state index contributed by atoms with van der Waals surface area (Å²) < 4.78 is 34.6. The van der Waals surface area contributed by atoms with E-state index < -0.39 is 20.7 Å². The van der Waals surface area contributed by atoms with Crippen LogP contribution in [0.1, 0.15) is 349 Å². The summed E-state index contributed by atoms with van der Waals surface area (Å²) in [6, 6.07) is 0.780. The van der Waals surface area contributed by atoms with Gasteiger partial charge in [0.25, 0.3) is 0 Å². The fourth-order valence-corrected chi connectivity index (χ4v) is 10.9. The summed E-state index contributed by atoms with van der Waals surface area (Å²) in [5.41, 5.74) is 0. The molecule has 0 radical (unpaired) electrons. The van der Waals surface area contributed by atoms with Crippen molar-refractivity contribution in [1.82, 2.24) is 0 Å². The number of ether oxygens (including phenoxy) is 2. The number of hydrogen-bond donors (Lipinski definition) is 2. The molecule has 0 aromatic carbocycles. The number of carboxylic acids is 2. The second-order valence-corrected chi connectivity index (χ2v) is 25.1. The summed E-state index contributed by atoms with van der Waals surface area (Å²) in [4.78, 5) is 30.7. The van der Waals surface area contributed by atoms with Crippen LogP contribution in [0.3, 0.4) is 0 Å². The Kier molecular flexibility index (Phi) is 89.5. The summed E-state index contributed by atoms with van der Waals surface area (Å²) >= 11 is 0.750. The third-order valence-corrected chi connectivity index (χ3v) is 17.1. The summed E-state index contributed by atoms with van der Waals surface area (Å²) in [7, 11) is 2.48. The molecule has 0 saturated carbocycles. The van der Waals surface area contributed by atoms with Gasteiger partial charge in [-0.3, -0.25) is 15.9 Å². The summed E-state index contributed by atoms with van der Waals surface area (Å²) in [5.74, 6) is -1.31. The van der Waals surface area contributed by atoms with Crippen molar-refractivity contribution in [2.75, 3.05) is 41.2 Å². The Bertz CT molecular complexity index is 1060. The minimum atomic E-state index is -2.39. The molecule has 0 spiro atoms. The second kappa shape index (κ2) is 81.4. The summed E-state index contributed by atoms with van der Waals surface area (Å²) in [6.07, 6.45) is 66.8. The fraction of sp³-hybridized carbons (Fsp3) is 0.939. The van der Waals surface area contributed by atoms with E-state index in [0.29, 0.717) is 38.6 Å². The Morgan fingerprint density at radius 2 is 0.684 bits per heavy atom. The average Bonchev–Trinajstić information content (AvgIpc) is 4.29. The molecule has 0 aromatic rings. The average molecular weight is 1180 g/mol. The zero-order valence-corrected chi connectivity index (χ0v) is 56.3. The Morgan fingerprint density at radius 3 is 0.886 bits per heavy atom. The molecule has 0 aromatic heterocycles. The van der Waals surface area contributed by atoms with Crippen molar-refractivity contribution < 1.29 is 71.1 Å². The number of carbonyl (C=O) groups excluding carboxylic acids is 1. The predicted octanol–water partition coefficient (Wildman–Crippen LogP) is 20.8. The van der Waals surface area contributed by atoms with Crippen LogP contribution in [0.25, 0.3) is 0 Å². The molecule has 1 aliphatic rings. The number of aliphatic carboxylic acids is 2. The molecule has 1 saturated heterocycles. The molecular weight excluding hydrogens is 1040 g/mol. The van der Waals surface area contributed by atoms with E-state index in [1.807, 2.05) is 26.6 Å². The van der Waals surface area contributed by atoms with Crippen LogP contribution in [-0.2, 0) is 60.9 Å². The molecule has 1 fully saturated rings. The van der Waals surface area contributed by atoms with E-state index >= 15 is 0 Å². The van der Waals surface area contributed by atoms with Gasteiger partial charge in [-0.1, -0.05) is 297 Å². The van der Waals surface area contributed by atoms with E-state index in [1.165, 1.54) is 257 Å². The quantitative estimate of drug-likeness (QED) is 0.0258. The number of unbranched alkanes of at least 4 members (excludes halogenated alkanes) is 43. The Hall–Kier alpha value is -0.859. The SMILES string of the molecule is CCCCCCCCCCCCCCCCCC(=O)O.CCCCCCCCCCCCCCCCCC(=O)O.CCCCCCCCCCCCCCCCC[C-]=O.CO[Si](CCCOCC1CO1)(OC)OC.C[CH-]C.[O]=[Ti+2]. The van der Waals surface area contributed by atoms with Crippen molar-refractivity contribution in [2.45, 2.75) is 361 Å². The number of carbonyl (C=O) groups is 2. The normalized spacial score (nSPS) is 12.3. The van der Waals surface area contributed by atoms with E-state index in [0.717, 1.165) is 71.6 Å². The van der Waals surface area contributed by atoms with Crippen molar-refractivity contribution in [3.05, 3.63) is 6.42 Å². The van der Waals surface area contributed by atoms with Crippen molar-refractivity contribution in [3.8, 4) is 0 Å². The molecule has 2 N–H and O–H groups in total. The maximum absolute atomic E-state index is 10.3. The number of epoxide rings is 1. The first kappa shape index (κ1) is 86.9. The van der Waals surface area contributed by atoms with Gasteiger partial charge in [-0.25, -0.2) is 0 Å². The number of hydrogen-bond acceptors (Lipinski definition) is 9. The van der Waals surface area contributed by atoms with Crippen LogP contribution in [-0.4, -0.2) is 84.5 Å². The van der Waals surface area contributed by atoms with E-state index in [2.05, 4.69) is 20.8 Å². The van der Waals surface area contributed by atoms with Crippen molar-refractivity contribution in [2.24, 2.45) is 0 Å². The molecule has 472 valence electrons. The van der Waals surface area contributed by atoms with Gasteiger partial charge in [0.1, 0.15) is 6.10 Å². The molecule has 79 heavy (non-hydrogen) atoms. The molecule has 0 amide bonds. The topological polar surface area (TPSA) is 158 Å². The standard InChI is InChI=1S/2C18H36O2.C18H35O.C9H20O5Si.C3H7.O.Ti/c2*1-2-3-4-5-6-7-8-9-10-11-12-13-14-15-16-17-18(19)20;1-2-3-4-5-6-7-8-9-10-11-12-13-14-15-16-17-18-19;1-10-15(11-2,12-3)6-4-5-13-7-9-8-14-9;1-3-2;;/h2*2-17H2,1H3,(H,19,20);2-17H2,1H3;9H,4-8H2,1-3H3;3H,1-2H3;;/q;;-1;;-1;;+2. The van der Waals surface area contributed by atoms with Crippen molar-refractivity contribution >= 4 is 27.0 Å². The Morgan fingerprint density at radius 1 is 0.456 bits per heavy atom. The zero-order valence-electron chi connectivity index (χ0n) is 53.7. The first-order valence-corrected chi connectivity index (χ1v) is 35.8. The maximum atomic E-state index is 10.3.